The van der Waals surface area contributed by atoms with Crippen LogP contribution in [0.5, 0.6) is 0 Å². The predicted molar refractivity (Wildman–Crippen MR) is 48.5 cm³/mol. The van der Waals surface area contributed by atoms with E-state index in [1.807, 2.05) is 32.0 Å². The van der Waals surface area contributed by atoms with Gasteiger partial charge in [-0.05, 0) is 31.0 Å². The van der Waals surface area contributed by atoms with Gasteiger partial charge in [-0.3, -0.25) is 0 Å². The molecule has 2 nitrogen and oxygen atoms in total. The maximum absolute atomic E-state index is 8.73. The standard InChI is InChI=1S/C10H12N2/c1-7-3-4-9(8(2)12)5-10(7)6-11/h3-5,8H,12H2,1-2H3/t8-/m0/s1. The Balaban J connectivity index is 3.16. The molecule has 0 aliphatic heterocycles. The van der Waals surface area contributed by atoms with Crippen molar-refractivity contribution in [1.29, 1.82) is 5.26 Å². The number of nitrogens with zero attached hydrogens (tertiary/aromatic N) is 1. The second kappa shape index (κ2) is 3.38. The van der Waals surface area contributed by atoms with Crippen LogP contribution in [0.2, 0.25) is 0 Å². The molecule has 0 aromatic heterocycles. The molecule has 0 unspecified atom stereocenters. The monoisotopic (exact) mass is 160 g/mol. The molecule has 0 radical (unpaired) electrons. The lowest BCUT2D eigenvalue weighted by atomic mass is 10.0. The second-order valence-electron chi connectivity index (χ2n) is 2.97. The predicted octanol–water partition coefficient (Wildman–Crippen LogP) is 1.89. The smallest absolute Gasteiger partial charge is 0.0994 e. The van der Waals surface area contributed by atoms with Crippen LogP contribution >= 0.6 is 0 Å². The molecule has 0 aliphatic carbocycles. The molecule has 0 heterocycles. The van der Waals surface area contributed by atoms with Crippen LogP contribution in [-0.2, 0) is 0 Å². The van der Waals surface area contributed by atoms with Crippen LogP contribution in [-0.4, -0.2) is 0 Å². The lowest BCUT2D eigenvalue weighted by molar-refractivity contribution is 0.817. The van der Waals surface area contributed by atoms with Gasteiger partial charge in [-0.1, -0.05) is 12.1 Å². The Morgan fingerprint density at radius 3 is 2.67 bits per heavy atom. The van der Waals surface area contributed by atoms with Gasteiger partial charge in [0.2, 0.25) is 0 Å². The summed E-state index contributed by atoms with van der Waals surface area (Å²) >= 11 is 0. The van der Waals surface area contributed by atoms with E-state index < -0.39 is 0 Å². The molecular weight excluding hydrogens is 148 g/mol. The summed E-state index contributed by atoms with van der Waals surface area (Å²) < 4.78 is 0. The van der Waals surface area contributed by atoms with Crippen LogP contribution in [0.25, 0.3) is 0 Å². The summed E-state index contributed by atoms with van der Waals surface area (Å²) in [7, 11) is 0. The minimum absolute atomic E-state index is 0.00213. The number of nitrogens with two attached hydrogens (primary N) is 1. The molecule has 62 valence electrons. The fourth-order valence-electron chi connectivity index (χ4n) is 1.04. The van der Waals surface area contributed by atoms with Crippen LogP contribution < -0.4 is 5.73 Å². The lowest BCUT2D eigenvalue weighted by Crippen LogP contribution is -2.05. The molecule has 0 saturated heterocycles. The van der Waals surface area contributed by atoms with Crippen molar-refractivity contribution in [2.24, 2.45) is 5.73 Å². The number of aryl methyl sites for hydroxylation is 1. The zero-order valence-electron chi connectivity index (χ0n) is 7.33. The van der Waals surface area contributed by atoms with Crippen molar-refractivity contribution in [2.45, 2.75) is 19.9 Å². The van der Waals surface area contributed by atoms with Crippen LogP contribution in [0.3, 0.4) is 0 Å². The summed E-state index contributed by atoms with van der Waals surface area (Å²) in [4.78, 5) is 0. The highest BCUT2D eigenvalue weighted by Crippen LogP contribution is 2.14. The number of benzene rings is 1. The molecule has 2 N–H and O–H groups in total. The third kappa shape index (κ3) is 1.63. The van der Waals surface area contributed by atoms with E-state index in [1.54, 1.807) is 0 Å². The highest BCUT2D eigenvalue weighted by atomic mass is 14.6. The van der Waals surface area contributed by atoms with Crippen molar-refractivity contribution in [2.75, 3.05) is 0 Å². The first-order valence-electron chi connectivity index (χ1n) is 3.91. The van der Waals surface area contributed by atoms with E-state index in [9.17, 15) is 0 Å². The minimum Gasteiger partial charge on any atom is -0.324 e. The van der Waals surface area contributed by atoms with E-state index in [4.69, 9.17) is 11.0 Å². The fourth-order valence-corrected chi connectivity index (χ4v) is 1.04. The van der Waals surface area contributed by atoms with E-state index in [-0.39, 0.29) is 6.04 Å². The number of rotatable bonds is 1. The van der Waals surface area contributed by atoms with Gasteiger partial charge in [0.25, 0.3) is 0 Å². The summed E-state index contributed by atoms with van der Waals surface area (Å²) in [5.41, 5.74) is 8.40. The van der Waals surface area contributed by atoms with Gasteiger partial charge in [0, 0.05) is 6.04 Å². The van der Waals surface area contributed by atoms with Gasteiger partial charge >= 0.3 is 0 Å². The van der Waals surface area contributed by atoms with Gasteiger partial charge in [-0.25, -0.2) is 0 Å². The Bertz CT molecular complexity index is 321. The van der Waals surface area contributed by atoms with E-state index in [2.05, 4.69) is 6.07 Å². The fraction of sp³-hybridized carbons (Fsp3) is 0.300. The van der Waals surface area contributed by atoms with E-state index in [0.717, 1.165) is 11.1 Å². The Labute approximate surface area is 72.6 Å². The van der Waals surface area contributed by atoms with Gasteiger partial charge in [0.1, 0.15) is 0 Å². The number of nitriles is 1. The van der Waals surface area contributed by atoms with Crippen molar-refractivity contribution in [3.8, 4) is 6.07 Å². The highest BCUT2D eigenvalue weighted by Gasteiger charge is 2.02. The van der Waals surface area contributed by atoms with Gasteiger partial charge in [-0.2, -0.15) is 5.26 Å². The van der Waals surface area contributed by atoms with Crippen molar-refractivity contribution in [1.82, 2.24) is 0 Å². The topological polar surface area (TPSA) is 49.8 Å². The summed E-state index contributed by atoms with van der Waals surface area (Å²) in [6, 6.07) is 7.87. The molecule has 0 saturated carbocycles. The molecule has 0 aliphatic rings. The third-order valence-electron chi connectivity index (χ3n) is 1.91. The molecule has 1 aromatic rings. The molecule has 0 bridgehead atoms. The molecule has 2 heteroatoms. The van der Waals surface area contributed by atoms with Crippen LogP contribution in [0.1, 0.15) is 29.7 Å². The Morgan fingerprint density at radius 1 is 1.50 bits per heavy atom. The first kappa shape index (κ1) is 8.76. The van der Waals surface area contributed by atoms with Crippen LogP contribution in [0.15, 0.2) is 18.2 Å². The molecule has 1 aromatic carbocycles. The molecule has 0 fully saturated rings. The number of hydrogen-bond donors (Lipinski definition) is 1. The molecule has 1 atom stereocenters. The molecular formula is C10H12N2. The first-order valence-corrected chi connectivity index (χ1v) is 3.91. The van der Waals surface area contributed by atoms with Gasteiger partial charge in [0.15, 0.2) is 0 Å². The van der Waals surface area contributed by atoms with E-state index in [1.165, 1.54) is 0 Å². The zero-order valence-corrected chi connectivity index (χ0v) is 7.33. The third-order valence-corrected chi connectivity index (χ3v) is 1.91. The maximum Gasteiger partial charge on any atom is 0.0994 e. The largest absolute Gasteiger partial charge is 0.324 e. The second-order valence-corrected chi connectivity index (χ2v) is 2.97. The van der Waals surface area contributed by atoms with Crippen molar-refractivity contribution >= 4 is 0 Å². The molecule has 1 rings (SSSR count). The summed E-state index contributed by atoms with van der Waals surface area (Å²) in [5, 5.41) is 8.73. The summed E-state index contributed by atoms with van der Waals surface area (Å²) in [6.07, 6.45) is 0. The van der Waals surface area contributed by atoms with Crippen molar-refractivity contribution in [3.05, 3.63) is 34.9 Å². The lowest BCUT2D eigenvalue weighted by Gasteiger charge is -2.06. The molecule has 0 spiro atoms. The molecule has 12 heavy (non-hydrogen) atoms. The van der Waals surface area contributed by atoms with Crippen molar-refractivity contribution < 1.29 is 0 Å². The zero-order chi connectivity index (χ0) is 9.14. The Kier molecular flexibility index (Phi) is 2.47. The van der Waals surface area contributed by atoms with Gasteiger partial charge < -0.3 is 5.73 Å². The normalized spacial score (nSPS) is 12.2. The first-order chi connectivity index (χ1) is 5.65. The maximum atomic E-state index is 8.73. The summed E-state index contributed by atoms with van der Waals surface area (Å²) in [6.45, 7) is 3.83. The summed E-state index contributed by atoms with van der Waals surface area (Å²) in [5.74, 6) is 0. The average molecular weight is 160 g/mol. The van der Waals surface area contributed by atoms with E-state index in [0.29, 0.717) is 5.56 Å². The Hall–Kier alpha value is -1.33. The van der Waals surface area contributed by atoms with Crippen LogP contribution in [0, 0.1) is 18.3 Å². The average Bonchev–Trinajstić information content (AvgIpc) is 2.05. The number of hydrogen-bond acceptors (Lipinski definition) is 2. The SMILES string of the molecule is Cc1ccc([C@H](C)N)cc1C#N. The van der Waals surface area contributed by atoms with Gasteiger partial charge in [0.05, 0.1) is 11.6 Å². The Morgan fingerprint density at radius 2 is 2.17 bits per heavy atom. The minimum atomic E-state index is -0.00213. The quantitative estimate of drug-likeness (QED) is 0.682. The molecule has 0 amide bonds. The van der Waals surface area contributed by atoms with Gasteiger partial charge in [-0.15, -0.1) is 0 Å². The highest BCUT2D eigenvalue weighted by molar-refractivity contribution is 5.40. The van der Waals surface area contributed by atoms with E-state index >= 15 is 0 Å². The van der Waals surface area contributed by atoms with Crippen molar-refractivity contribution in [3.63, 3.8) is 0 Å². The van der Waals surface area contributed by atoms with Crippen LogP contribution in [0.4, 0.5) is 0 Å².